The topological polar surface area (TPSA) is 78.0 Å². The summed E-state index contributed by atoms with van der Waals surface area (Å²) in [5.74, 6) is 0.0572. The van der Waals surface area contributed by atoms with Crippen LogP contribution in [0.25, 0.3) is 0 Å². The number of sulfonamides is 1. The highest BCUT2D eigenvalue weighted by Crippen LogP contribution is 1.96. The van der Waals surface area contributed by atoms with Crippen molar-refractivity contribution in [2.45, 2.75) is 19.4 Å². The molecule has 0 saturated heterocycles. The lowest BCUT2D eigenvalue weighted by Gasteiger charge is -2.00. The summed E-state index contributed by atoms with van der Waals surface area (Å²) in [7, 11) is -3.29. The van der Waals surface area contributed by atoms with Gasteiger partial charge in [-0.1, -0.05) is 0 Å². The molecule has 2 N–H and O–H groups in total. The maximum absolute atomic E-state index is 10.6. The van der Waals surface area contributed by atoms with Gasteiger partial charge in [-0.3, -0.25) is 0 Å². The molecule has 0 aliphatic heterocycles. The van der Waals surface area contributed by atoms with Crippen LogP contribution >= 0.6 is 0 Å². The predicted octanol–water partition coefficient (Wildman–Crippen LogP) is -0.0482. The summed E-state index contributed by atoms with van der Waals surface area (Å²) < 4.78 is 23.0. The second-order valence-corrected chi connectivity index (χ2v) is 4.61. The monoisotopic (exact) mass is 203 g/mol. The van der Waals surface area contributed by atoms with Gasteiger partial charge >= 0.3 is 0 Å². The maximum Gasteiger partial charge on any atom is 0.209 e. The molecule has 0 aromatic carbocycles. The third-order valence-corrected chi connectivity index (χ3v) is 2.51. The summed E-state index contributed by atoms with van der Waals surface area (Å²) in [6.07, 6.45) is 6.64. The van der Waals surface area contributed by atoms with Crippen LogP contribution in [0.4, 0.5) is 0 Å². The zero-order valence-electron chi connectivity index (χ0n) is 7.26. The van der Waals surface area contributed by atoms with E-state index in [0.717, 1.165) is 13.0 Å². The highest BCUT2D eigenvalue weighted by molar-refractivity contribution is 7.89. The second-order valence-electron chi connectivity index (χ2n) is 2.87. The smallest absolute Gasteiger partial charge is 0.209 e. The number of aryl methyl sites for hydroxylation is 1. The predicted molar refractivity (Wildman–Crippen MR) is 49.4 cm³/mol. The average Bonchev–Trinajstić information content (AvgIpc) is 2.48. The molecule has 1 aromatic rings. The number of hydrogen-bond donors (Lipinski definition) is 1. The minimum atomic E-state index is -3.29. The zero-order chi connectivity index (χ0) is 9.73. The number of nitrogens with zero attached hydrogens (tertiary/aromatic N) is 2. The van der Waals surface area contributed by atoms with Gasteiger partial charge in [0.25, 0.3) is 0 Å². The number of unbranched alkanes of at least 4 members (excludes halogenated alkanes) is 1. The number of nitrogens with two attached hydrogens (primary N) is 1. The van der Waals surface area contributed by atoms with Crippen LogP contribution in [0.15, 0.2) is 18.7 Å². The molecule has 13 heavy (non-hydrogen) atoms. The molecule has 1 heterocycles. The van der Waals surface area contributed by atoms with Gasteiger partial charge in [-0.15, -0.1) is 0 Å². The number of hydrogen-bond acceptors (Lipinski definition) is 3. The molecule has 5 nitrogen and oxygen atoms in total. The lowest BCUT2D eigenvalue weighted by Crippen LogP contribution is -2.16. The van der Waals surface area contributed by atoms with Crippen molar-refractivity contribution in [3.05, 3.63) is 18.7 Å². The first-order valence-corrected chi connectivity index (χ1v) is 5.76. The lowest BCUT2D eigenvalue weighted by atomic mass is 10.3. The number of aromatic nitrogens is 2. The normalized spacial score (nSPS) is 11.8. The fourth-order valence-electron chi connectivity index (χ4n) is 1.02. The van der Waals surface area contributed by atoms with Crippen molar-refractivity contribution < 1.29 is 8.42 Å². The Kier molecular flexibility index (Phi) is 3.44. The van der Waals surface area contributed by atoms with Gasteiger partial charge in [0.05, 0.1) is 12.1 Å². The number of rotatable bonds is 5. The highest BCUT2D eigenvalue weighted by Gasteiger charge is 2.01. The molecule has 0 unspecified atom stereocenters. The molecule has 0 aliphatic carbocycles. The van der Waals surface area contributed by atoms with Crippen LogP contribution in [-0.2, 0) is 16.6 Å². The Morgan fingerprint density at radius 2 is 2.15 bits per heavy atom. The van der Waals surface area contributed by atoms with Crippen LogP contribution in [0.1, 0.15) is 12.8 Å². The molecule has 0 bridgehead atoms. The fourth-order valence-corrected chi connectivity index (χ4v) is 1.62. The van der Waals surface area contributed by atoms with Crippen LogP contribution in [0.3, 0.4) is 0 Å². The summed E-state index contributed by atoms with van der Waals surface area (Å²) in [5, 5.41) is 4.85. The molecule has 1 rings (SSSR count). The van der Waals surface area contributed by atoms with Gasteiger partial charge in [-0.25, -0.2) is 18.5 Å². The van der Waals surface area contributed by atoms with Crippen molar-refractivity contribution >= 4 is 10.0 Å². The van der Waals surface area contributed by atoms with E-state index in [2.05, 4.69) is 4.98 Å². The van der Waals surface area contributed by atoms with Crippen LogP contribution in [0, 0.1) is 0 Å². The Morgan fingerprint density at radius 1 is 1.38 bits per heavy atom. The van der Waals surface area contributed by atoms with E-state index in [1.165, 1.54) is 0 Å². The fraction of sp³-hybridized carbons (Fsp3) is 0.571. The molecule has 1 aromatic heterocycles. The summed E-state index contributed by atoms with van der Waals surface area (Å²) in [6.45, 7) is 0.787. The van der Waals surface area contributed by atoms with Gasteiger partial charge in [-0.2, -0.15) is 0 Å². The molecule has 0 fully saturated rings. The van der Waals surface area contributed by atoms with Gasteiger partial charge in [0.2, 0.25) is 10.0 Å². The Labute approximate surface area is 77.6 Å². The van der Waals surface area contributed by atoms with Crippen LogP contribution in [0.5, 0.6) is 0 Å². The minimum Gasteiger partial charge on any atom is -0.337 e. The summed E-state index contributed by atoms with van der Waals surface area (Å²) in [5.41, 5.74) is 0. The van der Waals surface area contributed by atoms with Crippen molar-refractivity contribution in [3.63, 3.8) is 0 Å². The Hall–Kier alpha value is -0.880. The highest BCUT2D eigenvalue weighted by atomic mass is 32.2. The molecule has 0 amide bonds. The van der Waals surface area contributed by atoms with E-state index in [0.29, 0.717) is 6.42 Å². The first-order chi connectivity index (χ1) is 6.08. The molecular weight excluding hydrogens is 190 g/mol. The van der Waals surface area contributed by atoms with Crippen molar-refractivity contribution in [2.75, 3.05) is 5.75 Å². The maximum atomic E-state index is 10.6. The molecule has 0 aliphatic rings. The second kappa shape index (κ2) is 4.38. The standard InChI is InChI=1S/C7H13N3O2S/c8-13(11,12)6-2-1-4-10-5-3-9-7-10/h3,5,7H,1-2,4,6H2,(H2,8,11,12). The number of imidazole rings is 1. The Morgan fingerprint density at radius 3 is 2.69 bits per heavy atom. The van der Waals surface area contributed by atoms with Crippen molar-refractivity contribution in [2.24, 2.45) is 5.14 Å². The molecule has 0 saturated carbocycles. The summed E-state index contributed by atoms with van der Waals surface area (Å²) >= 11 is 0. The van der Waals surface area contributed by atoms with Crippen molar-refractivity contribution in [3.8, 4) is 0 Å². The minimum absolute atomic E-state index is 0.0572. The van der Waals surface area contributed by atoms with Gasteiger partial charge in [0.15, 0.2) is 0 Å². The molecule has 0 spiro atoms. The summed E-state index contributed by atoms with van der Waals surface area (Å²) in [6, 6.07) is 0. The van der Waals surface area contributed by atoms with Gasteiger partial charge in [-0.05, 0) is 12.8 Å². The van der Waals surface area contributed by atoms with E-state index >= 15 is 0 Å². The number of primary sulfonamides is 1. The SMILES string of the molecule is NS(=O)(=O)CCCCn1ccnc1. The van der Waals surface area contributed by atoms with Crippen LogP contribution < -0.4 is 5.14 Å². The van der Waals surface area contributed by atoms with E-state index in [1.54, 1.807) is 12.5 Å². The van der Waals surface area contributed by atoms with Gasteiger partial charge in [0, 0.05) is 18.9 Å². The average molecular weight is 203 g/mol. The molecule has 0 atom stereocenters. The van der Waals surface area contributed by atoms with Crippen LogP contribution in [-0.4, -0.2) is 23.7 Å². The van der Waals surface area contributed by atoms with E-state index in [-0.39, 0.29) is 5.75 Å². The van der Waals surface area contributed by atoms with E-state index in [4.69, 9.17) is 5.14 Å². The first kappa shape index (κ1) is 10.2. The van der Waals surface area contributed by atoms with E-state index in [1.807, 2.05) is 10.8 Å². The largest absolute Gasteiger partial charge is 0.337 e. The van der Waals surface area contributed by atoms with Gasteiger partial charge < -0.3 is 4.57 Å². The third kappa shape index (κ3) is 4.64. The lowest BCUT2D eigenvalue weighted by molar-refractivity contribution is 0.584. The van der Waals surface area contributed by atoms with Crippen molar-refractivity contribution in [1.82, 2.24) is 9.55 Å². The molecular formula is C7H13N3O2S. The first-order valence-electron chi connectivity index (χ1n) is 4.04. The van der Waals surface area contributed by atoms with Crippen LogP contribution in [0.2, 0.25) is 0 Å². The van der Waals surface area contributed by atoms with Crippen molar-refractivity contribution in [1.29, 1.82) is 0 Å². The van der Waals surface area contributed by atoms with E-state index < -0.39 is 10.0 Å². The Balaban J connectivity index is 2.16. The molecule has 74 valence electrons. The Bertz CT molecular complexity index is 331. The van der Waals surface area contributed by atoms with Gasteiger partial charge in [0.1, 0.15) is 0 Å². The molecule has 0 radical (unpaired) electrons. The third-order valence-electron chi connectivity index (χ3n) is 1.65. The molecule has 6 heteroatoms. The van der Waals surface area contributed by atoms with E-state index in [9.17, 15) is 8.42 Å². The quantitative estimate of drug-likeness (QED) is 0.681. The summed E-state index contributed by atoms with van der Waals surface area (Å²) in [4.78, 5) is 3.87. The zero-order valence-corrected chi connectivity index (χ0v) is 8.07.